The molecule has 206 valence electrons. The first kappa shape index (κ1) is 26.0. The smallest absolute Gasteiger partial charge is 0.337 e. The SMILES string of the molecule is C.COC(=O)c1ccc2c(c1)nc1n2C[C@H]2[C@@H]1[C@H](c1cc(Cl)cs1)[C@]1(C(=O)Nc3cc(Cl)ccc31)N2CC1CC1. The van der Waals surface area contributed by atoms with Gasteiger partial charge in [0.15, 0.2) is 0 Å². The normalized spacial score (nSPS) is 26.5. The average molecular weight is 596 g/mol. The standard InChI is InChI=1S/C29H24Cl2N4O3S.CH4/c1-38-27(36)15-4-7-21-20(8-15)32-26-24-22(12-34(21)26)35(11-14-2-3-14)29(25(24)23-10-17(31)13-39-23)18-6-5-16(30)9-19(18)33-28(29)37;/h4-10,13-14,22,24-25H,2-3,11-12H2,1H3,(H,33,37);1H4/t22-,24+,25-,29+;/m0./s1. The zero-order valence-electron chi connectivity index (χ0n) is 21.0. The van der Waals surface area contributed by atoms with Crippen LogP contribution in [0.25, 0.3) is 11.0 Å². The van der Waals surface area contributed by atoms with Gasteiger partial charge in [0.25, 0.3) is 0 Å². The summed E-state index contributed by atoms with van der Waals surface area (Å²) in [5.74, 6) is 0.880. The molecule has 10 heteroatoms. The predicted molar refractivity (Wildman–Crippen MR) is 158 cm³/mol. The Morgan fingerprint density at radius 3 is 2.73 bits per heavy atom. The zero-order valence-corrected chi connectivity index (χ0v) is 23.3. The van der Waals surface area contributed by atoms with Gasteiger partial charge in [-0.05, 0) is 55.2 Å². The first-order valence-corrected chi connectivity index (χ1v) is 14.7. The van der Waals surface area contributed by atoms with Crippen LogP contribution in [0, 0.1) is 5.92 Å². The number of fused-ring (bicyclic) bond motifs is 7. The molecule has 1 N–H and O–H groups in total. The van der Waals surface area contributed by atoms with E-state index in [4.69, 9.17) is 32.9 Å². The number of methoxy groups -OCH3 is 1. The highest BCUT2D eigenvalue weighted by atomic mass is 35.5. The molecule has 3 aliphatic heterocycles. The van der Waals surface area contributed by atoms with Gasteiger partial charge < -0.3 is 14.6 Å². The van der Waals surface area contributed by atoms with Crippen molar-refractivity contribution in [3.63, 3.8) is 0 Å². The Morgan fingerprint density at radius 1 is 1.18 bits per heavy atom. The van der Waals surface area contributed by atoms with E-state index in [0.29, 0.717) is 28.1 Å². The molecule has 0 radical (unpaired) electrons. The van der Waals surface area contributed by atoms with Crippen LogP contribution >= 0.6 is 34.5 Å². The topological polar surface area (TPSA) is 76.5 Å². The Morgan fingerprint density at radius 2 is 2.00 bits per heavy atom. The maximum atomic E-state index is 14.3. The first-order chi connectivity index (χ1) is 18.9. The fourth-order valence-corrected chi connectivity index (χ4v) is 8.76. The van der Waals surface area contributed by atoms with Gasteiger partial charge in [0.05, 0.1) is 28.7 Å². The lowest BCUT2D eigenvalue weighted by Gasteiger charge is -2.40. The number of aromatic nitrogens is 2. The van der Waals surface area contributed by atoms with E-state index in [0.717, 1.165) is 39.5 Å². The fraction of sp³-hybridized carbons (Fsp3) is 0.367. The van der Waals surface area contributed by atoms with Gasteiger partial charge >= 0.3 is 5.97 Å². The Balaban J connectivity index is 0.00000264. The largest absolute Gasteiger partial charge is 0.465 e. The summed E-state index contributed by atoms with van der Waals surface area (Å²) in [5, 5.41) is 6.41. The van der Waals surface area contributed by atoms with Gasteiger partial charge in [-0.1, -0.05) is 36.7 Å². The first-order valence-electron chi connectivity index (χ1n) is 13.1. The molecule has 1 amide bonds. The summed E-state index contributed by atoms with van der Waals surface area (Å²) in [6.45, 7) is 1.57. The molecule has 8 rings (SSSR count). The molecule has 2 fully saturated rings. The van der Waals surface area contributed by atoms with E-state index >= 15 is 0 Å². The van der Waals surface area contributed by atoms with Crippen LogP contribution in [0.4, 0.5) is 5.69 Å². The molecule has 40 heavy (non-hydrogen) atoms. The van der Waals surface area contributed by atoms with Gasteiger partial charge in [-0.3, -0.25) is 9.69 Å². The average Bonchev–Trinajstić information content (AvgIpc) is 3.17. The summed E-state index contributed by atoms with van der Waals surface area (Å²) in [5.41, 5.74) is 3.06. The Labute approximate surface area is 246 Å². The molecule has 0 unspecified atom stereocenters. The van der Waals surface area contributed by atoms with Crippen LogP contribution in [0.3, 0.4) is 0 Å². The van der Waals surface area contributed by atoms with Crippen molar-refractivity contribution in [3.05, 3.63) is 79.7 Å². The van der Waals surface area contributed by atoms with Crippen molar-refractivity contribution in [2.75, 3.05) is 19.0 Å². The summed E-state index contributed by atoms with van der Waals surface area (Å²) in [7, 11) is 1.38. The number of carbonyl (C=O) groups is 2. The number of amides is 1. The minimum atomic E-state index is -0.896. The molecule has 4 aromatic rings. The van der Waals surface area contributed by atoms with E-state index in [-0.39, 0.29) is 37.2 Å². The number of anilines is 1. The van der Waals surface area contributed by atoms with Crippen LogP contribution < -0.4 is 5.32 Å². The van der Waals surface area contributed by atoms with Gasteiger partial charge in [0.1, 0.15) is 11.4 Å². The third kappa shape index (κ3) is 3.43. The fourth-order valence-electron chi connectivity index (χ4n) is 7.29. The van der Waals surface area contributed by atoms with Gasteiger partial charge in [0.2, 0.25) is 5.91 Å². The molecule has 1 saturated heterocycles. The van der Waals surface area contributed by atoms with Crippen LogP contribution in [-0.4, -0.2) is 46.0 Å². The lowest BCUT2D eigenvalue weighted by Crippen LogP contribution is -2.53. The van der Waals surface area contributed by atoms with Crippen LogP contribution in [0.15, 0.2) is 47.8 Å². The second-order valence-electron chi connectivity index (χ2n) is 11.0. The van der Waals surface area contributed by atoms with E-state index in [1.54, 1.807) is 23.5 Å². The lowest BCUT2D eigenvalue weighted by molar-refractivity contribution is -0.128. The molecule has 2 aromatic carbocycles. The molecule has 4 aliphatic rings. The molecule has 0 bridgehead atoms. The molecule has 7 nitrogen and oxygen atoms in total. The van der Waals surface area contributed by atoms with E-state index < -0.39 is 5.54 Å². The number of benzene rings is 2. The second kappa shape index (κ2) is 9.05. The quantitative estimate of drug-likeness (QED) is 0.268. The number of nitrogens with zero attached hydrogens (tertiary/aromatic N) is 3. The Hall–Kier alpha value is -2.91. The molecule has 4 atom stereocenters. The molecule has 1 aliphatic carbocycles. The van der Waals surface area contributed by atoms with Crippen molar-refractivity contribution in [3.8, 4) is 0 Å². The molecule has 1 spiro atoms. The highest BCUT2D eigenvalue weighted by Crippen LogP contribution is 2.65. The summed E-state index contributed by atoms with van der Waals surface area (Å²) >= 11 is 14.5. The van der Waals surface area contributed by atoms with Gasteiger partial charge in [-0.15, -0.1) is 11.3 Å². The number of carbonyl (C=O) groups excluding carboxylic acids is 2. The van der Waals surface area contributed by atoms with Crippen molar-refractivity contribution >= 4 is 63.1 Å². The third-order valence-corrected chi connectivity index (χ3v) is 10.6. The minimum absolute atomic E-state index is 0. The van der Waals surface area contributed by atoms with Gasteiger partial charge in [-0.2, -0.15) is 0 Å². The van der Waals surface area contributed by atoms with E-state index in [9.17, 15) is 9.59 Å². The number of imidazole rings is 1. The van der Waals surface area contributed by atoms with E-state index in [1.807, 2.05) is 35.7 Å². The van der Waals surface area contributed by atoms with E-state index in [1.165, 1.54) is 20.0 Å². The van der Waals surface area contributed by atoms with Crippen molar-refractivity contribution < 1.29 is 14.3 Å². The Kier molecular flexibility index (Phi) is 5.88. The molecule has 1 saturated carbocycles. The Bertz CT molecular complexity index is 1710. The molecular formula is C30H28Cl2N4O3S. The number of hydrogen-bond acceptors (Lipinski definition) is 6. The van der Waals surface area contributed by atoms with Crippen LogP contribution in [0.1, 0.15) is 58.7 Å². The maximum Gasteiger partial charge on any atom is 0.337 e. The lowest BCUT2D eigenvalue weighted by atomic mass is 9.74. The molecular weight excluding hydrogens is 567 g/mol. The van der Waals surface area contributed by atoms with Crippen LogP contribution in [-0.2, 0) is 21.6 Å². The van der Waals surface area contributed by atoms with Crippen molar-refractivity contribution in [2.45, 2.75) is 50.2 Å². The number of ether oxygens (including phenoxy) is 1. The maximum absolute atomic E-state index is 14.3. The molecule has 5 heterocycles. The zero-order chi connectivity index (χ0) is 26.6. The number of hydrogen-bond donors (Lipinski definition) is 1. The monoisotopic (exact) mass is 594 g/mol. The predicted octanol–water partition coefficient (Wildman–Crippen LogP) is 6.65. The number of likely N-dealkylation sites (tertiary alicyclic amines) is 1. The second-order valence-corrected chi connectivity index (χ2v) is 12.8. The number of thiophene rings is 1. The number of rotatable bonds is 4. The minimum Gasteiger partial charge on any atom is -0.465 e. The van der Waals surface area contributed by atoms with Crippen LogP contribution in [0.5, 0.6) is 0 Å². The van der Waals surface area contributed by atoms with E-state index in [2.05, 4.69) is 14.8 Å². The summed E-state index contributed by atoms with van der Waals surface area (Å²) < 4.78 is 7.21. The third-order valence-electron chi connectivity index (χ3n) is 8.98. The summed E-state index contributed by atoms with van der Waals surface area (Å²) in [4.78, 5) is 35.2. The summed E-state index contributed by atoms with van der Waals surface area (Å²) in [6, 6.07) is 13.4. The van der Waals surface area contributed by atoms with Crippen LogP contribution in [0.2, 0.25) is 10.0 Å². The highest BCUT2D eigenvalue weighted by Gasteiger charge is 2.69. The van der Waals surface area contributed by atoms with Gasteiger partial charge in [0, 0.05) is 57.5 Å². The molecule has 2 aromatic heterocycles. The highest BCUT2D eigenvalue weighted by molar-refractivity contribution is 7.10. The number of halogens is 2. The van der Waals surface area contributed by atoms with Crippen molar-refractivity contribution in [1.82, 2.24) is 14.5 Å². The number of nitrogens with one attached hydrogen (secondary N) is 1. The number of esters is 1. The summed E-state index contributed by atoms with van der Waals surface area (Å²) in [6.07, 6.45) is 2.36. The van der Waals surface area contributed by atoms with Crippen molar-refractivity contribution in [1.29, 1.82) is 0 Å². The van der Waals surface area contributed by atoms with Crippen molar-refractivity contribution in [2.24, 2.45) is 5.92 Å². The van der Waals surface area contributed by atoms with Gasteiger partial charge in [-0.25, -0.2) is 9.78 Å².